The second-order valence-electron chi connectivity index (χ2n) is 6.64. The Morgan fingerprint density at radius 1 is 1.27 bits per heavy atom. The zero-order valence-electron chi connectivity index (χ0n) is 14.6. The van der Waals surface area contributed by atoms with E-state index in [0.717, 1.165) is 11.3 Å². The summed E-state index contributed by atoms with van der Waals surface area (Å²) in [6.07, 6.45) is 3.47. The van der Waals surface area contributed by atoms with E-state index in [9.17, 15) is 9.59 Å². The van der Waals surface area contributed by atoms with Gasteiger partial charge in [-0.2, -0.15) is 0 Å². The van der Waals surface area contributed by atoms with E-state index in [1.54, 1.807) is 18.3 Å². The standard InChI is InChI=1S/C20H22N2O4/c1-13-5-8-18(11-21-13)26-12-14-3-2-4-15(9-14)19(23)22-17-7-6-16(10-17)20(24)25/h2-5,8-9,11,16-17H,6-7,10,12H2,1H3,(H,22,23)(H,24,25)/t16-,17+/m1/s1. The number of carbonyl (C=O) groups is 2. The molecule has 0 bridgehead atoms. The quantitative estimate of drug-likeness (QED) is 0.833. The van der Waals surface area contributed by atoms with Crippen molar-refractivity contribution in [1.82, 2.24) is 10.3 Å². The number of ether oxygens (including phenoxy) is 1. The number of carboxylic acid groups (broad SMARTS) is 1. The maximum Gasteiger partial charge on any atom is 0.306 e. The summed E-state index contributed by atoms with van der Waals surface area (Å²) in [7, 11) is 0. The molecule has 0 aliphatic heterocycles. The molecular weight excluding hydrogens is 332 g/mol. The van der Waals surface area contributed by atoms with Gasteiger partial charge in [0.05, 0.1) is 12.1 Å². The largest absolute Gasteiger partial charge is 0.487 e. The summed E-state index contributed by atoms with van der Waals surface area (Å²) < 4.78 is 5.70. The van der Waals surface area contributed by atoms with Crippen LogP contribution < -0.4 is 10.1 Å². The summed E-state index contributed by atoms with van der Waals surface area (Å²) in [6, 6.07) is 10.9. The van der Waals surface area contributed by atoms with Gasteiger partial charge in [0.15, 0.2) is 0 Å². The molecule has 0 saturated heterocycles. The van der Waals surface area contributed by atoms with E-state index in [-0.39, 0.29) is 17.9 Å². The average Bonchev–Trinajstić information content (AvgIpc) is 3.10. The lowest BCUT2D eigenvalue weighted by Crippen LogP contribution is -2.33. The molecule has 0 radical (unpaired) electrons. The molecule has 1 fully saturated rings. The molecule has 1 aliphatic rings. The number of aliphatic carboxylic acids is 1. The molecule has 1 aromatic heterocycles. The van der Waals surface area contributed by atoms with Crippen molar-refractivity contribution in [3.8, 4) is 5.75 Å². The highest BCUT2D eigenvalue weighted by molar-refractivity contribution is 5.94. The van der Waals surface area contributed by atoms with E-state index in [1.807, 2.05) is 31.2 Å². The molecule has 1 aliphatic carbocycles. The molecule has 3 rings (SSSR count). The molecule has 6 heteroatoms. The fourth-order valence-corrected chi connectivity index (χ4v) is 3.11. The minimum Gasteiger partial charge on any atom is -0.487 e. The average molecular weight is 354 g/mol. The predicted octanol–water partition coefficient (Wildman–Crippen LogP) is 2.95. The van der Waals surface area contributed by atoms with Crippen LogP contribution in [0.4, 0.5) is 0 Å². The summed E-state index contributed by atoms with van der Waals surface area (Å²) in [5.74, 6) is -0.648. The molecule has 6 nitrogen and oxygen atoms in total. The Labute approximate surface area is 152 Å². The third-order valence-electron chi connectivity index (χ3n) is 4.60. The van der Waals surface area contributed by atoms with E-state index in [1.165, 1.54) is 0 Å². The van der Waals surface area contributed by atoms with Gasteiger partial charge in [-0.25, -0.2) is 0 Å². The van der Waals surface area contributed by atoms with Crippen molar-refractivity contribution < 1.29 is 19.4 Å². The van der Waals surface area contributed by atoms with E-state index in [0.29, 0.717) is 37.2 Å². The van der Waals surface area contributed by atoms with Gasteiger partial charge < -0.3 is 15.2 Å². The number of carboxylic acids is 1. The van der Waals surface area contributed by atoms with Crippen molar-refractivity contribution in [3.63, 3.8) is 0 Å². The van der Waals surface area contributed by atoms with Gasteiger partial charge in [0.2, 0.25) is 0 Å². The van der Waals surface area contributed by atoms with Gasteiger partial charge >= 0.3 is 5.97 Å². The van der Waals surface area contributed by atoms with Crippen LogP contribution in [0.1, 0.15) is 40.9 Å². The first kappa shape index (κ1) is 17.9. The molecule has 26 heavy (non-hydrogen) atoms. The van der Waals surface area contributed by atoms with Crippen molar-refractivity contribution >= 4 is 11.9 Å². The van der Waals surface area contributed by atoms with Gasteiger partial charge in [0.1, 0.15) is 12.4 Å². The number of aromatic nitrogens is 1. The molecule has 136 valence electrons. The first-order chi connectivity index (χ1) is 12.5. The Morgan fingerprint density at radius 2 is 2.12 bits per heavy atom. The number of nitrogens with zero attached hydrogens (tertiary/aromatic N) is 1. The Morgan fingerprint density at radius 3 is 2.81 bits per heavy atom. The Balaban J connectivity index is 1.57. The zero-order valence-corrected chi connectivity index (χ0v) is 14.6. The van der Waals surface area contributed by atoms with Crippen LogP contribution in [0.2, 0.25) is 0 Å². The molecule has 1 heterocycles. The maximum absolute atomic E-state index is 12.4. The molecule has 1 amide bonds. The van der Waals surface area contributed by atoms with Crippen LogP contribution in [0, 0.1) is 12.8 Å². The van der Waals surface area contributed by atoms with E-state index < -0.39 is 5.97 Å². The molecule has 0 spiro atoms. The highest BCUT2D eigenvalue weighted by Crippen LogP contribution is 2.26. The molecular formula is C20H22N2O4. The fraction of sp³-hybridized carbons (Fsp3) is 0.350. The van der Waals surface area contributed by atoms with Crippen molar-refractivity contribution in [3.05, 3.63) is 59.4 Å². The number of benzene rings is 1. The minimum atomic E-state index is -0.786. The van der Waals surface area contributed by atoms with Gasteiger partial charge in [-0.15, -0.1) is 0 Å². The molecule has 1 saturated carbocycles. The Hall–Kier alpha value is -2.89. The number of hydrogen-bond acceptors (Lipinski definition) is 4. The molecule has 0 unspecified atom stereocenters. The summed E-state index contributed by atoms with van der Waals surface area (Å²) in [5, 5.41) is 12.0. The van der Waals surface area contributed by atoms with Gasteiger partial charge in [0.25, 0.3) is 5.91 Å². The van der Waals surface area contributed by atoms with Crippen LogP contribution in [0.5, 0.6) is 5.75 Å². The van der Waals surface area contributed by atoms with Crippen LogP contribution in [0.25, 0.3) is 0 Å². The minimum absolute atomic E-state index is 0.0814. The van der Waals surface area contributed by atoms with Gasteiger partial charge in [-0.05, 0) is 56.0 Å². The molecule has 2 atom stereocenters. The van der Waals surface area contributed by atoms with Crippen LogP contribution in [-0.4, -0.2) is 28.0 Å². The Bertz CT molecular complexity index is 789. The second kappa shape index (κ2) is 7.99. The third-order valence-corrected chi connectivity index (χ3v) is 4.60. The number of amides is 1. The summed E-state index contributed by atoms with van der Waals surface area (Å²) in [6.45, 7) is 2.26. The Kier molecular flexibility index (Phi) is 5.51. The number of aryl methyl sites for hydroxylation is 1. The first-order valence-electron chi connectivity index (χ1n) is 8.69. The first-order valence-corrected chi connectivity index (χ1v) is 8.69. The fourth-order valence-electron chi connectivity index (χ4n) is 3.11. The van der Waals surface area contributed by atoms with E-state index >= 15 is 0 Å². The van der Waals surface area contributed by atoms with Gasteiger partial charge in [-0.1, -0.05) is 12.1 Å². The lowest BCUT2D eigenvalue weighted by molar-refractivity contribution is -0.141. The summed E-state index contributed by atoms with van der Waals surface area (Å²) in [5.41, 5.74) is 2.35. The highest BCUT2D eigenvalue weighted by Gasteiger charge is 2.30. The molecule has 1 aromatic carbocycles. The maximum atomic E-state index is 12.4. The van der Waals surface area contributed by atoms with Crippen LogP contribution in [0.3, 0.4) is 0 Å². The zero-order chi connectivity index (χ0) is 18.5. The topological polar surface area (TPSA) is 88.5 Å². The predicted molar refractivity (Wildman–Crippen MR) is 96.0 cm³/mol. The number of hydrogen-bond donors (Lipinski definition) is 2. The number of rotatable bonds is 6. The van der Waals surface area contributed by atoms with E-state index in [2.05, 4.69) is 10.3 Å². The second-order valence-corrected chi connectivity index (χ2v) is 6.64. The molecule has 2 aromatic rings. The molecule has 2 N–H and O–H groups in total. The number of pyridine rings is 1. The highest BCUT2D eigenvalue weighted by atomic mass is 16.5. The summed E-state index contributed by atoms with van der Waals surface area (Å²) in [4.78, 5) is 27.6. The van der Waals surface area contributed by atoms with Crippen LogP contribution in [-0.2, 0) is 11.4 Å². The number of carbonyl (C=O) groups excluding carboxylic acids is 1. The van der Waals surface area contributed by atoms with Gasteiger partial charge in [0, 0.05) is 17.3 Å². The smallest absolute Gasteiger partial charge is 0.306 e. The van der Waals surface area contributed by atoms with Crippen molar-refractivity contribution in [2.75, 3.05) is 0 Å². The normalized spacial score (nSPS) is 19.1. The number of nitrogens with one attached hydrogen (secondary N) is 1. The van der Waals surface area contributed by atoms with Crippen molar-refractivity contribution in [2.24, 2.45) is 5.92 Å². The van der Waals surface area contributed by atoms with Crippen molar-refractivity contribution in [1.29, 1.82) is 0 Å². The monoisotopic (exact) mass is 354 g/mol. The van der Waals surface area contributed by atoms with E-state index in [4.69, 9.17) is 9.84 Å². The lowest BCUT2D eigenvalue weighted by Gasteiger charge is -2.13. The van der Waals surface area contributed by atoms with Gasteiger partial charge in [-0.3, -0.25) is 14.6 Å². The van der Waals surface area contributed by atoms with Crippen LogP contribution in [0.15, 0.2) is 42.6 Å². The van der Waals surface area contributed by atoms with Crippen LogP contribution >= 0.6 is 0 Å². The lowest BCUT2D eigenvalue weighted by atomic mass is 10.1. The third kappa shape index (κ3) is 4.59. The van der Waals surface area contributed by atoms with Crippen molar-refractivity contribution in [2.45, 2.75) is 38.8 Å². The SMILES string of the molecule is Cc1ccc(OCc2cccc(C(=O)N[C@H]3CC[C@@H](C(=O)O)C3)c2)cn1. The summed E-state index contributed by atoms with van der Waals surface area (Å²) >= 11 is 0.